The molecule has 4 saturated heterocycles. The normalized spacial score (nSPS) is 43.8. The molecule has 4 unspecified atom stereocenters. The lowest BCUT2D eigenvalue weighted by Gasteiger charge is -2.51. The van der Waals surface area contributed by atoms with Crippen molar-refractivity contribution in [1.29, 1.82) is 0 Å². The van der Waals surface area contributed by atoms with Gasteiger partial charge in [0, 0.05) is 12.1 Å². The van der Waals surface area contributed by atoms with Gasteiger partial charge in [-0.25, -0.2) is 0 Å². The molecule has 2 bridgehead atoms. The molecule has 0 aromatic carbocycles. The maximum atomic E-state index is 5.68. The van der Waals surface area contributed by atoms with Gasteiger partial charge in [-0.2, -0.15) is 0 Å². The molecule has 4 aliphatic heterocycles. The topological polar surface area (TPSA) is 12.5 Å². The SMILES string of the molecule is CC(C)N1C2CCCC3(C(C)C)BC(CC2CC12COC2)C3. The number of likely N-dealkylation sites (tertiary alicyclic amines) is 1. The van der Waals surface area contributed by atoms with Crippen LogP contribution >= 0.6 is 0 Å². The zero-order valence-corrected chi connectivity index (χ0v) is 15.1. The standard InChI is InChI=1S/C19H34BNO/c1-13(2)19-7-5-6-17-15(8-16(10-19)20-19)9-18(11-22-12-18)21(17)14(3)4/h13-17,20H,5-12H2,1-4H3. The van der Waals surface area contributed by atoms with Gasteiger partial charge in [0.05, 0.1) is 18.8 Å². The molecule has 1 spiro atoms. The first-order chi connectivity index (χ1) is 10.5. The van der Waals surface area contributed by atoms with Crippen molar-refractivity contribution in [3.63, 3.8) is 0 Å². The molecule has 3 heteroatoms. The molecule has 124 valence electrons. The Hall–Kier alpha value is -0.0151. The van der Waals surface area contributed by atoms with Gasteiger partial charge >= 0.3 is 0 Å². The van der Waals surface area contributed by atoms with Crippen LogP contribution in [0.25, 0.3) is 0 Å². The number of fused-ring (bicyclic) bond motifs is 2. The highest BCUT2D eigenvalue weighted by Gasteiger charge is 2.58. The van der Waals surface area contributed by atoms with E-state index in [0.29, 0.717) is 16.9 Å². The highest BCUT2D eigenvalue weighted by Crippen LogP contribution is 2.62. The molecule has 4 heterocycles. The number of hydrogen-bond acceptors (Lipinski definition) is 2. The van der Waals surface area contributed by atoms with Crippen LogP contribution in [0.2, 0.25) is 11.1 Å². The Bertz CT molecular complexity index is 425. The molecule has 4 atom stereocenters. The number of nitrogens with zero attached hydrogens (tertiary/aromatic N) is 1. The predicted octanol–water partition coefficient (Wildman–Crippen LogP) is 3.87. The molecular weight excluding hydrogens is 269 g/mol. The molecule has 0 aromatic rings. The minimum atomic E-state index is 0.418. The summed E-state index contributed by atoms with van der Waals surface area (Å²) in [5.74, 6) is 2.85. The van der Waals surface area contributed by atoms with Crippen LogP contribution in [-0.4, -0.2) is 43.0 Å². The molecule has 5 rings (SSSR count). The first kappa shape index (κ1) is 15.5. The molecule has 0 radical (unpaired) electrons. The average molecular weight is 303 g/mol. The van der Waals surface area contributed by atoms with Gasteiger partial charge in [-0.15, -0.1) is 0 Å². The number of ether oxygens (including phenoxy) is 1. The Kier molecular flexibility index (Phi) is 3.70. The second-order valence-electron chi connectivity index (χ2n) is 9.67. The van der Waals surface area contributed by atoms with Crippen LogP contribution in [0, 0.1) is 11.8 Å². The maximum Gasteiger partial charge on any atom is 0.131 e. The molecule has 2 nitrogen and oxygen atoms in total. The zero-order chi connectivity index (χ0) is 15.5. The maximum absolute atomic E-state index is 5.68. The van der Waals surface area contributed by atoms with Crippen molar-refractivity contribution in [3.8, 4) is 0 Å². The lowest BCUT2D eigenvalue weighted by Crippen LogP contribution is -2.62. The second kappa shape index (κ2) is 5.24. The van der Waals surface area contributed by atoms with Crippen LogP contribution < -0.4 is 0 Å². The summed E-state index contributed by atoms with van der Waals surface area (Å²) in [5.41, 5.74) is 0.418. The van der Waals surface area contributed by atoms with E-state index in [0.717, 1.165) is 36.9 Å². The summed E-state index contributed by atoms with van der Waals surface area (Å²) in [6.07, 6.45) is 8.82. The summed E-state index contributed by atoms with van der Waals surface area (Å²) in [6, 6.07) is 1.51. The fourth-order valence-electron chi connectivity index (χ4n) is 6.77. The molecule has 5 aliphatic rings. The minimum absolute atomic E-state index is 0.418. The van der Waals surface area contributed by atoms with E-state index in [4.69, 9.17) is 4.74 Å². The van der Waals surface area contributed by atoms with Gasteiger partial charge < -0.3 is 4.74 Å². The molecule has 0 aromatic heterocycles. The van der Waals surface area contributed by atoms with E-state index >= 15 is 0 Å². The molecule has 1 aliphatic carbocycles. The van der Waals surface area contributed by atoms with Crippen molar-refractivity contribution in [1.82, 2.24) is 4.90 Å². The Morgan fingerprint density at radius 1 is 1.14 bits per heavy atom. The third-order valence-electron chi connectivity index (χ3n) is 7.81. The summed E-state index contributed by atoms with van der Waals surface area (Å²) in [6.45, 7) is 11.7. The second-order valence-corrected chi connectivity index (χ2v) is 9.67. The molecule has 5 fully saturated rings. The van der Waals surface area contributed by atoms with Crippen LogP contribution in [0.15, 0.2) is 0 Å². The highest BCUT2D eigenvalue weighted by molar-refractivity contribution is 6.46. The largest absolute Gasteiger partial charge is 0.377 e. The molecule has 0 N–H and O–H groups in total. The summed E-state index contributed by atoms with van der Waals surface area (Å²) in [5, 5.41) is 0.712. The fourth-order valence-corrected chi connectivity index (χ4v) is 6.77. The van der Waals surface area contributed by atoms with E-state index in [-0.39, 0.29) is 0 Å². The Morgan fingerprint density at radius 2 is 1.86 bits per heavy atom. The fraction of sp³-hybridized carbons (Fsp3) is 1.00. The summed E-state index contributed by atoms with van der Waals surface area (Å²) in [7, 11) is 1.53. The summed E-state index contributed by atoms with van der Waals surface area (Å²) in [4.78, 5) is 2.89. The summed E-state index contributed by atoms with van der Waals surface area (Å²) >= 11 is 0. The van der Waals surface area contributed by atoms with Crippen molar-refractivity contribution in [3.05, 3.63) is 0 Å². The van der Waals surface area contributed by atoms with Gasteiger partial charge in [-0.05, 0) is 38.5 Å². The van der Waals surface area contributed by atoms with Crippen molar-refractivity contribution >= 4 is 7.28 Å². The van der Waals surface area contributed by atoms with Crippen molar-refractivity contribution in [2.45, 2.75) is 95.0 Å². The van der Waals surface area contributed by atoms with Crippen LogP contribution in [0.1, 0.15) is 66.2 Å². The van der Waals surface area contributed by atoms with Crippen molar-refractivity contribution in [2.75, 3.05) is 13.2 Å². The molecule has 22 heavy (non-hydrogen) atoms. The minimum Gasteiger partial charge on any atom is -0.377 e. The van der Waals surface area contributed by atoms with Crippen LogP contribution in [0.4, 0.5) is 0 Å². The number of rotatable bonds is 2. The van der Waals surface area contributed by atoms with E-state index in [9.17, 15) is 0 Å². The predicted molar refractivity (Wildman–Crippen MR) is 93.9 cm³/mol. The van der Waals surface area contributed by atoms with Gasteiger partial charge in [0.25, 0.3) is 0 Å². The monoisotopic (exact) mass is 303 g/mol. The number of hydrogen-bond donors (Lipinski definition) is 0. The first-order valence-corrected chi connectivity index (χ1v) is 9.82. The smallest absolute Gasteiger partial charge is 0.131 e. The van der Waals surface area contributed by atoms with Crippen LogP contribution in [0.3, 0.4) is 0 Å². The summed E-state index contributed by atoms with van der Waals surface area (Å²) < 4.78 is 5.68. The van der Waals surface area contributed by atoms with E-state index < -0.39 is 0 Å². The third-order valence-corrected chi connectivity index (χ3v) is 7.81. The molecule has 0 amide bonds. The van der Waals surface area contributed by atoms with Gasteiger partial charge in [0.1, 0.15) is 7.28 Å². The van der Waals surface area contributed by atoms with Crippen LogP contribution in [-0.2, 0) is 4.74 Å². The van der Waals surface area contributed by atoms with Crippen molar-refractivity contribution in [2.24, 2.45) is 11.8 Å². The quantitative estimate of drug-likeness (QED) is 0.718. The van der Waals surface area contributed by atoms with Gasteiger partial charge in [0.15, 0.2) is 0 Å². The Morgan fingerprint density at radius 3 is 2.41 bits per heavy atom. The van der Waals surface area contributed by atoms with E-state index in [1.807, 2.05) is 0 Å². The Labute approximate surface area is 137 Å². The van der Waals surface area contributed by atoms with Gasteiger partial charge in [-0.3, -0.25) is 4.90 Å². The zero-order valence-electron chi connectivity index (χ0n) is 15.1. The Balaban J connectivity index is 1.55. The van der Waals surface area contributed by atoms with E-state index in [2.05, 4.69) is 32.6 Å². The van der Waals surface area contributed by atoms with Gasteiger partial charge in [-0.1, -0.05) is 50.7 Å². The lowest BCUT2D eigenvalue weighted by atomic mass is 9.27. The first-order valence-electron chi connectivity index (χ1n) is 9.82. The molecule has 1 saturated carbocycles. The van der Waals surface area contributed by atoms with Crippen LogP contribution in [0.5, 0.6) is 0 Å². The van der Waals surface area contributed by atoms with E-state index in [1.54, 1.807) is 0 Å². The van der Waals surface area contributed by atoms with Gasteiger partial charge in [0.2, 0.25) is 0 Å². The van der Waals surface area contributed by atoms with Crippen molar-refractivity contribution < 1.29 is 4.74 Å². The molecular formula is C19H34BNO. The highest BCUT2D eigenvalue weighted by atomic mass is 16.5. The average Bonchev–Trinajstić information content (AvgIpc) is 2.72. The lowest BCUT2D eigenvalue weighted by molar-refractivity contribution is -0.141. The third kappa shape index (κ3) is 2.14. The van der Waals surface area contributed by atoms with E-state index in [1.165, 1.54) is 45.8 Å².